The van der Waals surface area contributed by atoms with Crippen molar-refractivity contribution in [2.24, 2.45) is 5.10 Å². The highest BCUT2D eigenvalue weighted by Gasteiger charge is 2.15. The molecule has 0 saturated heterocycles. The number of nitrogens with zero attached hydrogens (tertiary/aromatic N) is 3. The molecule has 1 N–H and O–H groups in total. The SMILES string of the molecule is COc1cc(/C=N\NC(=O)c2nn(Cc3ccc(Br)cc3)cc2Br)cc(OC)c1OC. The molecule has 1 amide bonds. The number of hydrazone groups is 1. The highest BCUT2D eigenvalue weighted by Crippen LogP contribution is 2.37. The Balaban J connectivity index is 1.70. The Bertz CT molecular complexity index is 1070. The van der Waals surface area contributed by atoms with Gasteiger partial charge in [-0.25, -0.2) is 5.43 Å². The van der Waals surface area contributed by atoms with E-state index in [-0.39, 0.29) is 5.69 Å². The van der Waals surface area contributed by atoms with Crippen LogP contribution in [0.4, 0.5) is 0 Å². The van der Waals surface area contributed by atoms with E-state index in [4.69, 9.17) is 14.2 Å². The fourth-order valence-electron chi connectivity index (χ4n) is 2.80. The largest absolute Gasteiger partial charge is 0.493 e. The molecular weight excluding hydrogens is 532 g/mol. The monoisotopic (exact) mass is 550 g/mol. The summed E-state index contributed by atoms with van der Waals surface area (Å²) in [6, 6.07) is 11.3. The second-order valence-corrected chi connectivity index (χ2v) is 8.08. The van der Waals surface area contributed by atoms with Gasteiger partial charge in [-0.1, -0.05) is 28.1 Å². The van der Waals surface area contributed by atoms with Gasteiger partial charge in [0.15, 0.2) is 17.2 Å². The topological polar surface area (TPSA) is 87.0 Å². The van der Waals surface area contributed by atoms with Crippen LogP contribution in [-0.2, 0) is 6.54 Å². The number of ether oxygens (including phenoxy) is 3. The first-order valence-electron chi connectivity index (χ1n) is 9.06. The quantitative estimate of drug-likeness (QED) is 0.334. The summed E-state index contributed by atoms with van der Waals surface area (Å²) in [6.07, 6.45) is 3.23. The van der Waals surface area contributed by atoms with Crippen LogP contribution in [0.3, 0.4) is 0 Å². The van der Waals surface area contributed by atoms with Gasteiger partial charge in [-0.15, -0.1) is 0 Å². The van der Waals surface area contributed by atoms with E-state index in [0.717, 1.165) is 10.0 Å². The fourth-order valence-corrected chi connectivity index (χ4v) is 3.56. The molecule has 1 heterocycles. The third-order valence-electron chi connectivity index (χ3n) is 4.26. The summed E-state index contributed by atoms with van der Waals surface area (Å²) in [5, 5.41) is 8.36. The molecule has 0 unspecified atom stereocenters. The number of benzene rings is 2. The number of rotatable bonds is 8. The molecule has 0 radical (unpaired) electrons. The summed E-state index contributed by atoms with van der Waals surface area (Å²) < 4.78 is 19.2. The molecule has 0 atom stereocenters. The molecule has 0 spiro atoms. The summed E-state index contributed by atoms with van der Waals surface area (Å²) in [7, 11) is 4.59. The number of hydrogen-bond acceptors (Lipinski definition) is 6. The summed E-state index contributed by atoms with van der Waals surface area (Å²) in [5.41, 5.74) is 4.44. The van der Waals surface area contributed by atoms with Gasteiger partial charge in [0.25, 0.3) is 5.91 Å². The second-order valence-electron chi connectivity index (χ2n) is 6.31. The second kappa shape index (κ2) is 10.5. The molecule has 3 rings (SSSR count). The van der Waals surface area contributed by atoms with Crippen molar-refractivity contribution in [1.82, 2.24) is 15.2 Å². The Morgan fingerprint density at radius 2 is 1.74 bits per heavy atom. The van der Waals surface area contributed by atoms with E-state index in [1.54, 1.807) is 23.0 Å². The van der Waals surface area contributed by atoms with Gasteiger partial charge >= 0.3 is 0 Å². The van der Waals surface area contributed by atoms with E-state index >= 15 is 0 Å². The fraction of sp³-hybridized carbons (Fsp3) is 0.190. The van der Waals surface area contributed by atoms with Crippen molar-refractivity contribution in [3.63, 3.8) is 0 Å². The zero-order chi connectivity index (χ0) is 22.4. The Kier molecular flexibility index (Phi) is 7.69. The smallest absolute Gasteiger partial charge is 0.293 e. The van der Waals surface area contributed by atoms with Crippen molar-refractivity contribution in [1.29, 1.82) is 0 Å². The minimum atomic E-state index is -0.440. The molecule has 1 aromatic heterocycles. The lowest BCUT2D eigenvalue weighted by Gasteiger charge is -2.12. The summed E-state index contributed by atoms with van der Waals surface area (Å²) >= 11 is 6.80. The number of aromatic nitrogens is 2. The molecule has 0 aliphatic heterocycles. The molecule has 0 bridgehead atoms. The van der Waals surface area contributed by atoms with E-state index in [1.807, 2.05) is 24.3 Å². The van der Waals surface area contributed by atoms with Gasteiger partial charge in [0.1, 0.15) is 0 Å². The number of halogens is 2. The van der Waals surface area contributed by atoms with E-state index in [1.165, 1.54) is 27.5 Å². The van der Waals surface area contributed by atoms with Gasteiger partial charge in [-0.2, -0.15) is 10.2 Å². The van der Waals surface area contributed by atoms with E-state index in [9.17, 15) is 4.79 Å². The lowest BCUT2D eigenvalue weighted by atomic mass is 10.2. The van der Waals surface area contributed by atoms with Crippen LogP contribution in [0.25, 0.3) is 0 Å². The Hall–Kier alpha value is -2.85. The third-order valence-corrected chi connectivity index (χ3v) is 5.37. The number of methoxy groups -OCH3 is 3. The molecule has 0 aliphatic rings. The predicted octanol–water partition coefficient (Wildman–Crippen LogP) is 4.25. The van der Waals surface area contributed by atoms with E-state index < -0.39 is 5.91 Å². The third kappa shape index (κ3) is 5.65. The van der Waals surface area contributed by atoms with Crippen LogP contribution < -0.4 is 19.6 Å². The molecule has 0 aliphatic carbocycles. The van der Waals surface area contributed by atoms with Gasteiger partial charge in [-0.05, 0) is 45.8 Å². The van der Waals surface area contributed by atoms with Gasteiger partial charge in [0.05, 0.1) is 38.6 Å². The number of amides is 1. The molecule has 0 saturated carbocycles. The predicted molar refractivity (Wildman–Crippen MR) is 124 cm³/mol. The lowest BCUT2D eigenvalue weighted by Crippen LogP contribution is -2.19. The van der Waals surface area contributed by atoms with E-state index in [2.05, 4.69) is 47.5 Å². The molecule has 3 aromatic rings. The molecular formula is C21H20Br2N4O4. The van der Waals surface area contributed by atoms with Gasteiger partial charge in [0.2, 0.25) is 5.75 Å². The first kappa shape index (κ1) is 22.8. The van der Waals surface area contributed by atoms with Crippen LogP contribution in [0, 0.1) is 0 Å². The molecule has 0 fully saturated rings. The lowest BCUT2D eigenvalue weighted by molar-refractivity contribution is 0.0948. The zero-order valence-electron chi connectivity index (χ0n) is 17.1. The minimum absolute atomic E-state index is 0.235. The molecule has 10 heteroatoms. The van der Waals surface area contributed by atoms with Crippen LogP contribution in [0.2, 0.25) is 0 Å². The maximum absolute atomic E-state index is 12.5. The molecule has 162 valence electrons. The summed E-state index contributed by atoms with van der Waals surface area (Å²) in [6.45, 7) is 0.536. The first-order chi connectivity index (χ1) is 14.9. The minimum Gasteiger partial charge on any atom is -0.493 e. The highest BCUT2D eigenvalue weighted by atomic mass is 79.9. The maximum atomic E-state index is 12.5. The van der Waals surface area contributed by atoms with Crippen molar-refractivity contribution >= 4 is 44.0 Å². The molecule has 31 heavy (non-hydrogen) atoms. The highest BCUT2D eigenvalue weighted by molar-refractivity contribution is 9.10. The average molecular weight is 552 g/mol. The Morgan fingerprint density at radius 1 is 1.10 bits per heavy atom. The maximum Gasteiger partial charge on any atom is 0.293 e. The Morgan fingerprint density at radius 3 is 2.32 bits per heavy atom. The van der Waals surface area contributed by atoms with E-state index in [0.29, 0.717) is 33.8 Å². The van der Waals surface area contributed by atoms with Crippen molar-refractivity contribution < 1.29 is 19.0 Å². The number of nitrogens with one attached hydrogen (secondary N) is 1. The average Bonchev–Trinajstić information content (AvgIpc) is 3.14. The molecule has 2 aromatic carbocycles. The van der Waals surface area contributed by atoms with Crippen LogP contribution in [-0.4, -0.2) is 43.2 Å². The van der Waals surface area contributed by atoms with Crippen LogP contribution in [0.5, 0.6) is 17.2 Å². The van der Waals surface area contributed by atoms with Crippen LogP contribution >= 0.6 is 31.9 Å². The van der Waals surface area contributed by atoms with Crippen molar-refractivity contribution in [3.05, 3.63) is 68.4 Å². The van der Waals surface area contributed by atoms with Crippen molar-refractivity contribution in [2.45, 2.75) is 6.54 Å². The standard InChI is InChI=1S/C21H20Br2N4O4/c1-29-17-8-14(9-18(30-2)20(17)31-3)10-24-25-21(28)19-16(23)12-27(26-19)11-13-4-6-15(22)7-5-13/h4-10,12H,11H2,1-3H3,(H,25,28)/b24-10-. The van der Waals surface area contributed by atoms with Gasteiger partial charge < -0.3 is 14.2 Å². The van der Waals surface area contributed by atoms with Crippen molar-refractivity contribution in [2.75, 3.05) is 21.3 Å². The molecule has 8 nitrogen and oxygen atoms in total. The summed E-state index contributed by atoms with van der Waals surface area (Å²) in [4.78, 5) is 12.5. The van der Waals surface area contributed by atoms with Crippen LogP contribution in [0.15, 0.2) is 56.6 Å². The Labute approximate surface area is 196 Å². The number of carbonyl (C=O) groups excluding carboxylic acids is 1. The summed E-state index contributed by atoms with van der Waals surface area (Å²) in [5.74, 6) is 1.02. The normalized spacial score (nSPS) is 10.9. The van der Waals surface area contributed by atoms with Crippen molar-refractivity contribution in [3.8, 4) is 17.2 Å². The zero-order valence-corrected chi connectivity index (χ0v) is 20.2. The first-order valence-corrected chi connectivity index (χ1v) is 10.6. The number of carbonyl (C=O) groups is 1. The number of hydrogen-bond donors (Lipinski definition) is 1. The van der Waals surface area contributed by atoms with Gasteiger partial charge in [-0.3, -0.25) is 9.48 Å². The van der Waals surface area contributed by atoms with Gasteiger partial charge in [0, 0.05) is 16.2 Å². The van der Waals surface area contributed by atoms with Crippen LogP contribution in [0.1, 0.15) is 21.6 Å².